The average molecular weight is 497 g/mol. The number of benzene rings is 3. The van der Waals surface area contributed by atoms with E-state index >= 15 is 0 Å². The maximum Gasteiger partial charge on any atom is 0.263 e. The van der Waals surface area contributed by atoms with Gasteiger partial charge in [0.1, 0.15) is 5.75 Å². The predicted octanol–water partition coefficient (Wildman–Crippen LogP) is 5.70. The normalized spacial score (nSPS) is 17.6. The topological polar surface area (TPSA) is 49.9 Å². The van der Waals surface area contributed by atoms with Gasteiger partial charge in [-0.2, -0.15) is 0 Å². The molecule has 0 radical (unpaired) electrons. The fourth-order valence-corrected chi connectivity index (χ4v) is 5.32. The summed E-state index contributed by atoms with van der Waals surface area (Å²) in [6.45, 7) is 5.32. The number of likely N-dealkylation sites (N-methyl/N-ethyl adjacent to an activating group) is 1. The number of fused-ring (bicyclic) bond motifs is 1. The molecule has 2 aliphatic rings. The first-order valence-corrected chi connectivity index (χ1v) is 13.4. The van der Waals surface area contributed by atoms with Crippen LogP contribution in [0.15, 0.2) is 72.8 Å². The first-order valence-electron chi connectivity index (χ1n) is 13.4. The number of rotatable bonds is 8. The van der Waals surface area contributed by atoms with Gasteiger partial charge in [-0.15, -0.1) is 0 Å². The monoisotopic (exact) mass is 496 g/mol. The second kappa shape index (κ2) is 10.8. The summed E-state index contributed by atoms with van der Waals surface area (Å²) in [7, 11) is 1.82. The molecular formula is C32H36N2O3. The standard InChI is InChI=1S/C32H36N2O3/c1-4-29(32(36)33(3)21-23-10-6-5-7-11-23)37-27-16-15-24-17-18-34(31(35)25-13-14-25)30(28(24)20-27)26-12-8-9-22(2)19-26/h5-12,15-16,19-20,25,29-30H,4,13-14,17-18,21H2,1-3H3/t29-,30+/m1/s1. The van der Waals surface area contributed by atoms with Crippen LogP contribution in [-0.4, -0.2) is 41.3 Å². The van der Waals surface area contributed by atoms with Gasteiger partial charge in [-0.1, -0.05) is 73.2 Å². The number of aryl methyl sites for hydroxylation is 1. The number of ether oxygens (including phenoxy) is 1. The summed E-state index contributed by atoms with van der Waals surface area (Å²) < 4.78 is 6.32. The van der Waals surface area contributed by atoms with Crippen molar-refractivity contribution in [3.63, 3.8) is 0 Å². The van der Waals surface area contributed by atoms with E-state index in [9.17, 15) is 9.59 Å². The Morgan fingerprint density at radius 1 is 1.03 bits per heavy atom. The summed E-state index contributed by atoms with van der Waals surface area (Å²) in [6, 6.07) is 24.4. The SMILES string of the molecule is CC[C@@H](Oc1ccc2c(c1)[C@H](c1cccc(C)c1)N(C(=O)C1CC1)CC2)C(=O)N(C)Cc1ccccc1. The van der Waals surface area contributed by atoms with Crippen molar-refractivity contribution in [2.75, 3.05) is 13.6 Å². The molecule has 1 heterocycles. The molecule has 0 N–H and O–H groups in total. The average Bonchev–Trinajstić information content (AvgIpc) is 3.76. The third kappa shape index (κ3) is 5.56. The van der Waals surface area contributed by atoms with Crippen LogP contribution in [0.3, 0.4) is 0 Å². The molecule has 192 valence electrons. The number of hydrogen-bond donors (Lipinski definition) is 0. The van der Waals surface area contributed by atoms with Gasteiger partial charge in [0.05, 0.1) is 6.04 Å². The fourth-order valence-electron chi connectivity index (χ4n) is 5.32. The van der Waals surface area contributed by atoms with Gasteiger partial charge >= 0.3 is 0 Å². The van der Waals surface area contributed by atoms with Gasteiger partial charge in [0.15, 0.2) is 6.10 Å². The van der Waals surface area contributed by atoms with Crippen LogP contribution in [0.1, 0.15) is 60.0 Å². The minimum absolute atomic E-state index is 0.0372. The number of nitrogens with zero attached hydrogens (tertiary/aromatic N) is 2. The molecule has 5 rings (SSSR count). The van der Waals surface area contributed by atoms with Crippen molar-refractivity contribution in [2.45, 2.75) is 58.2 Å². The molecule has 1 saturated carbocycles. The van der Waals surface area contributed by atoms with Crippen molar-refractivity contribution in [3.8, 4) is 5.75 Å². The second-order valence-electron chi connectivity index (χ2n) is 10.4. The molecule has 0 unspecified atom stereocenters. The Morgan fingerprint density at radius 2 is 1.81 bits per heavy atom. The van der Waals surface area contributed by atoms with Crippen molar-refractivity contribution in [1.82, 2.24) is 9.80 Å². The zero-order valence-electron chi connectivity index (χ0n) is 22.0. The molecular weight excluding hydrogens is 460 g/mol. The van der Waals surface area contributed by atoms with Crippen LogP contribution in [0.4, 0.5) is 0 Å². The Kier molecular flexibility index (Phi) is 7.31. The fraction of sp³-hybridized carbons (Fsp3) is 0.375. The van der Waals surface area contributed by atoms with Crippen molar-refractivity contribution in [3.05, 3.63) is 101 Å². The van der Waals surface area contributed by atoms with Crippen LogP contribution in [0.2, 0.25) is 0 Å². The number of carbonyl (C=O) groups excluding carboxylic acids is 2. The summed E-state index contributed by atoms with van der Waals surface area (Å²) in [5.74, 6) is 1.05. The van der Waals surface area contributed by atoms with Crippen molar-refractivity contribution in [1.29, 1.82) is 0 Å². The Balaban J connectivity index is 1.41. The molecule has 2 amide bonds. The van der Waals surface area contributed by atoms with Gasteiger partial charge < -0.3 is 14.5 Å². The molecule has 1 aliphatic heterocycles. The van der Waals surface area contributed by atoms with Crippen LogP contribution in [0.5, 0.6) is 5.75 Å². The van der Waals surface area contributed by atoms with E-state index in [1.54, 1.807) is 4.90 Å². The molecule has 5 heteroatoms. The lowest BCUT2D eigenvalue weighted by Crippen LogP contribution is -2.41. The van der Waals surface area contributed by atoms with Crippen LogP contribution < -0.4 is 4.74 Å². The molecule has 0 spiro atoms. The molecule has 5 nitrogen and oxygen atoms in total. The number of carbonyl (C=O) groups is 2. The van der Waals surface area contributed by atoms with Crippen LogP contribution in [-0.2, 0) is 22.6 Å². The molecule has 0 saturated heterocycles. The van der Waals surface area contributed by atoms with E-state index in [0.29, 0.717) is 18.7 Å². The summed E-state index contributed by atoms with van der Waals surface area (Å²) in [6.07, 6.45) is 2.80. The molecule has 3 aromatic carbocycles. The van der Waals surface area contributed by atoms with Gasteiger partial charge in [0, 0.05) is 26.1 Å². The van der Waals surface area contributed by atoms with E-state index in [2.05, 4.69) is 48.2 Å². The van der Waals surface area contributed by atoms with Gasteiger partial charge in [-0.3, -0.25) is 9.59 Å². The molecule has 0 aromatic heterocycles. The Hall–Kier alpha value is -3.60. The lowest BCUT2D eigenvalue weighted by Gasteiger charge is -2.38. The summed E-state index contributed by atoms with van der Waals surface area (Å²) in [4.78, 5) is 30.4. The van der Waals surface area contributed by atoms with E-state index in [1.165, 1.54) is 11.1 Å². The van der Waals surface area contributed by atoms with Gasteiger partial charge in [0.2, 0.25) is 5.91 Å². The maximum absolute atomic E-state index is 13.3. The molecule has 1 fully saturated rings. The Labute approximate surface area is 220 Å². The van der Waals surface area contributed by atoms with Crippen molar-refractivity contribution < 1.29 is 14.3 Å². The molecule has 3 aromatic rings. The Bertz CT molecular complexity index is 1270. The van der Waals surface area contributed by atoms with Gasteiger partial charge in [0.25, 0.3) is 5.91 Å². The lowest BCUT2D eigenvalue weighted by atomic mass is 9.87. The van der Waals surface area contributed by atoms with E-state index in [0.717, 1.165) is 42.5 Å². The largest absolute Gasteiger partial charge is 0.481 e. The summed E-state index contributed by atoms with van der Waals surface area (Å²) in [5.41, 5.74) is 5.72. The van der Waals surface area contributed by atoms with Gasteiger partial charge in [-0.05, 0) is 67.0 Å². The molecule has 37 heavy (non-hydrogen) atoms. The number of amides is 2. The van der Waals surface area contributed by atoms with Crippen LogP contribution >= 0.6 is 0 Å². The first-order chi connectivity index (χ1) is 17.9. The highest BCUT2D eigenvalue weighted by molar-refractivity contribution is 5.82. The highest BCUT2D eigenvalue weighted by Crippen LogP contribution is 2.41. The minimum atomic E-state index is -0.572. The zero-order valence-corrected chi connectivity index (χ0v) is 22.0. The quantitative estimate of drug-likeness (QED) is 0.402. The van der Waals surface area contributed by atoms with E-state index in [4.69, 9.17) is 4.74 Å². The molecule has 2 atom stereocenters. The summed E-state index contributed by atoms with van der Waals surface area (Å²) in [5, 5.41) is 0. The third-order valence-electron chi connectivity index (χ3n) is 7.48. The second-order valence-corrected chi connectivity index (χ2v) is 10.4. The minimum Gasteiger partial charge on any atom is -0.481 e. The predicted molar refractivity (Wildman–Crippen MR) is 145 cm³/mol. The third-order valence-corrected chi connectivity index (χ3v) is 7.48. The maximum atomic E-state index is 13.3. The van der Waals surface area contributed by atoms with E-state index in [1.807, 2.05) is 50.4 Å². The zero-order chi connectivity index (χ0) is 25.9. The summed E-state index contributed by atoms with van der Waals surface area (Å²) >= 11 is 0. The Morgan fingerprint density at radius 3 is 2.51 bits per heavy atom. The number of hydrogen-bond acceptors (Lipinski definition) is 3. The molecule has 0 bridgehead atoms. The van der Waals surface area contributed by atoms with Crippen LogP contribution in [0.25, 0.3) is 0 Å². The lowest BCUT2D eigenvalue weighted by molar-refractivity contribution is -0.138. The highest BCUT2D eigenvalue weighted by atomic mass is 16.5. The van der Waals surface area contributed by atoms with Crippen LogP contribution in [0, 0.1) is 12.8 Å². The van der Waals surface area contributed by atoms with E-state index < -0.39 is 6.10 Å². The molecule has 1 aliphatic carbocycles. The highest BCUT2D eigenvalue weighted by Gasteiger charge is 2.39. The first kappa shape index (κ1) is 25.1. The van der Waals surface area contributed by atoms with Crippen molar-refractivity contribution in [2.24, 2.45) is 5.92 Å². The van der Waals surface area contributed by atoms with E-state index in [-0.39, 0.29) is 23.8 Å². The van der Waals surface area contributed by atoms with Crippen molar-refractivity contribution >= 4 is 11.8 Å². The smallest absolute Gasteiger partial charge is 0.263 e. The van der Waals surface area contributed by atoms with Gasteiger partial charge in [-0.25, -0.2) is 0 Å².